The molecule has 3 aromatic rings. The first-order valence-corrected chi connectivity index (χ1v) is 10.6. The van der Waals surface area contributed by atoms with Gasteiger partial charge in [-0.2, -0.15) is 0 Å². The van der Waals surface area contributed by atoms with E-state index >= 15 is 0 Å². The summed E-state index contributed by atoms with van der Waals surface area (Å²) in [7, 11) is 0. The maximum Gasteiger partial charge on any atom is 0.266 e. The molecule has 0 atom stereocenters. The summed E-state index contributed by atoms with van der Waals surface area (Å²) in [5.41, 5.74) is 1.10. The number of carbonyl (C=O) groups excluding carboxylic acids is 1. The number of nitrogens with zero attached hydrogens (tertiary/aromatic N) is 2. The molecule has 1 heterocycles. The van der Waals surface area contributed by atoms with E-state index in [1.54, 1.807) is 36.4 Å². The fourth-order valence-corrected chi connectivity index (χ4v) is 3.87. The molecule has 0 unspecified atom stereocenters. The van der Waals surface area contributed by atoms with Crippen molar-refractivity contribution in [2.24, 2.45) is 0 Å². The summed E-state index contributed by atoms with van der Waals surface area (Å²) in [5.74, 6) is 0.123. The molecule has 2 aromatic carbocycles. The molecule has 146 valence electrons. The first kappa shape index (κ1) is 20.4. The molecule has 1 N–H and O–H groups in total. The maximum atomic E-state index is 13.1. The second-order valence-corrected chi connectivity index (χ2v) is 7.78. The predicted octanol–water partition coefficient (Wildman–Crippen LogP) is 4.44. The molecule has 1 amide bonds. The Morgan fingerprint density at radius 2 is 1.82 bits per heavy atom. The summed E-state index contributed by atoms with van der Waals surface area (Å²) in [6.07, 6.45) is 1.77. The average molecular weight is 416 g/mol. The molecular weight excluding hydrogens is 394 g/mol. The molecule has 5 nitrogen and oxygen atoms in total. The van der Waals surface area contributed by atoms with Gasteiger partial charge >= 0.3 is 0 Å². The third kappa shape index (κ3) is 4.56. The van der Waals surface area contributed by atoms with Crippen LogP contribution in [0.2, 0.25) is 5.02 Å². The van der Waals surface area contributed by atoms with Crippen molar-refractivity contribution in [1.82, 2.24) is 14.9 Å². The predicted molar refractivity (Wildman–Crippen MR) is 116 cm³/mol. The fraction of sp³-hybridized carbons (Fsp3) is 0.286. The average Bonchev–Trinajstić information content (AvgIpc) is 2.71. The minimum Gasteiger partial charge on any atom is -0.353 e. The Hall–Kier alpha value is -2.31. The molecule has 28 heavy (non-hydrogen) atoms. The van der Waals surface area contributed by atoms with E-state index in [0.717, 1.165) is 12.8 Å². The van der Waals surface area contributed by atoms with E-state index in [1.807, 2.05) is 26.0 Å². The Labute approximate surface area is 173 Å². The molecule has 0 aliphatic carbocycles. The number of fused-ring (bicyclic) bond motifs is 1. The summed E-state index contributed by atoms with van der Waals surface area (Å²) in [5, 5.41) is 4.61. The van der Waals surface area contributed by atoms with Gasteiger partial charge in [0.2, 0.25) is 5.91 Å². The Bertz CT molecular complexity index is 1030. The van der Waals surface area contributed by atoms with Crippen LogP contribution in [-0.2, 0) is 4.79 Å². The normalized spacial score (nSPS) is 11.1. The first-order chi connectivity index (χ1) is 13.5. The lowest BCUT2D eigenvalue weighted by atomic mass is 10.2. The summed E-state index contributed by atoms with van der Waals surface area (Å²) in [6.45, 7) is 4.09. The van der Waals surface area contributed by atoms with Gasteiger partial charge in [0, 0.05) is 11.1 Å². The number of para-hydroxylation sites is 1. The highest BCUT2D eigenvalue weighted by molar-refractivity contribution is 7.99. The lowest BCUT2D eigenvalue weighted by Gasteiger charge is -2.16. The summed E-state index contributed by atoms with van der Waals surface area (Å²) < 4.78 is 1.54. The van der Waals surface area contributed by atoms with Crippen LogP contribution >= 0.6 is 23.4 Å². The zero-order chi connectivity index (χ0) is 20.1. The van der Waals surface area contributed by atoms with Gasteiger partial charge in [-0.05, 0) is 49.2 Å². The van der Waals surface area contributed by atoms with Gasteiger partial charge in [-0.3, -0.25) is 14.2 Å². The number of amides is 1. The van der Waals surface area contributed by atoms with Crippen molar-refractivity contribution < 1.29 is 4.79 Å². The van der Waals surface area contributed by atoms with Gasteiger partial charge in [-0.1, -0.05) is 49.3 Å². The monoisotopic (exact) mass is 415 g/mol. The van der Waals surface area contributed by atoms with E-state index < -0.39 is 0 Å². The van der Waals surface area contributed by atoms with Gasteiger partial charge in [0.25, 0.3) is 5.56 Å². The van der Waals surface area contributed by atoms with Gasteiger partial charge in [0.05, 0.1) is 22.3 Å². The lowest BCUT2D eigenvalue weighted by molar-refractivity contribution is -0.119. The Balaban J connectivity index is 1.98. The van der Waals surface area contributed by atoms with E-state index in [4.69, 9.17) is 11.6 Å². The number of hydrogen-bond donors (Lipinski definition) is 1. The van der Waals surface area contributed by atoms with E-state index in [9.17, 15) is 9.59 Å². The molecule has 3 rings (SSSR count). The number of rotatable bonds is 7. The van der Waals surface area contributed by atoms with Crippen LogP contribution in [0.3, 0.4) is 0 Å². The topological polar surface area (TPSA) is 64.0 Å². The second kappa shape index (κ2) is 9.26. The molecule has 0 saturated heterocycles. The first-order valence-electron chi connectivity index (χ1n) is 9.23. The summed E-state index contributed by atoms with van der Waals surface area (Å²) in [4.78, 5) is 30.1. The molecule has 0 bridgehead atoms. The zero-order valence-corrected chi connectivity index (χ0v) is 17.4. The third-order valence-corrected chi connectivity index (χ3v) is 5.70. The fourth-order valence-electron chi connectivity index (χ4n) is 2.92. The molecular formula is C21H22ClN3O2S. The van der Waals surface area contributed by atoms with Crippen molar-refractivity contribution in [1.29, 1.82) is 0 Å². The standard InChI is InChI=1S/C21H22ClN3O2S/c1-3-15(4-2)23-19(26)13-28-21-24-18-8-6-5-7-17(18)20(27)25(21)16-11-9-14(22)10-12-16/h5-12,15H,3-4,13H2,1-2H3,(H,23,26). The Morgan fingerprint density at radius 1 is 1.14 bits per heavy atom. The van der Waals surface area contributed by atoms with Crippen molar-refractivity contribution in [3.63, 3.8) is 0 Å². The SMILES string of the molecule is CCC(CC)NC(=O)CSc1nc2ccccc2c(=O)n1-c1ccc(Cl)cc1. The van der Waals surface area contributed by atoms with Crippen LogP contribution in [-0.4, -0.2) is 27.3 Å². The molecule has 1 aromatic heterocycles. The largest absolute Gasteiger partial charge is 0.353 e. The third-order valence-electron chi connectivity index (χ3n) is 4.51. The highest BCUT2D eigenvalue weighted by Gasteiger charge is 2.15. The van der Waals surface area contributed by atoms with Crippen LogP contribution in [0.25, 0.3) is 16.6 Å². The molecule has 0 spiro atoms. The van der Waals surface area contributed by atoms with E-state index in [1.165, 1.54) is 16.3 Å². The number of thioether (sulfide) groups is 1. The van der Waals surface area contributed by atoms with E-state index in [0.29, 0.717) is 26.8 Å². The molecule has 0 fully saturated rings. The minimum atomic E-state index is -0.171. The van der Waals surface area contributed by atoms with Crippen LogP contribution in [0.4, 0.5) is 0 Å². The van der Waals surface area contributed by atoms with Crippen molar-refractivity contribution in [2.75, 3.05) is 5.75 Å². The van der Waals surface area contributed by atoms with E-state index in [2.05, 4.69) is 10.3 Å². The van der Waals surface area contributed by atoms with Crippen molar-refractivity contribution in [3.8, 4) is 5.69 Å². The van der Waals surface area contributed by atoms with Gasteiger partial charge in [0.1, 0.15) is 0 Å². The van der Waals surface area contributed by atoms with Crippen molar-refractivity contribution in [2.45, 2.75) is 37.9 Å². The van der Waals surface area contributed by atoms with Crippen molar-refractivity contribution in [3.05, 3.63) is 63.9 Å². The molecule has 0 saturated carbocycles. The molecule has 0 radical (unpaired) electrons. The van der Waals surface area contributed by atoms with Crippen LogP contribution in [0.5, 0.6) is 0 Å². The molecule has 0 aliphatic heterocycles. The van der Waals surface area contributed by atoms with E-state index in [-0.39, 0.29) is 23.3 Å². The second-order valence-electron chi connectivity index (χ2n) is 6.40. The summed E-state index contributed by atoms with van der Waals surface area (Å²) in [6, 6.07) is 14.4. The molecule has 7 heteroatoms. The number of hydrogen-bond acceptors (Lipinski definition) is 4. The van der Waals surface area contributed by atoms with Gasteiger partial charge in [0.15, 0.2) is 5.16 Å². The highest BCUT2D eigenvalue weighted by Crippen LogP contribution is 2.22. The van der Waals surface area contributed by atoms with Crippen LogP contribution in [0.15, 0.2) is 58.5 Å². The highest BCUT2D eigenvalue weighted by atomic mass is 35.5. The van der Waals surface area contributed by atoms with Crippen LogP contribution in [0.1, 0.15) is 26.7 Å². The smallest absolute Gasteiger partial charge is 0.266 e. The van der Waals surface area contributed by atoms with Gasteiger partial charge in [-0.15, -0.1) is 0 Å². The van der Waals surface area contributed by atoms with Crippen LogP contribution in [0, 0.1) is 0 Å². The van der Waals surface area contributed by atoms with Crippen molar-refractivity contribution >= 4 is 40.2 Å². The number of aromatic nitrogens is 2. The Kier molecular flexibility index (Phi) is 6.75. The van der Waals surface area contributed by atoms with Gasteiger partial charge in [-0.25, -0.2) is 4.98 Å². The number of benzene rings is 2. The van der Waals surface area contributed by atoms with Crippen LogP contribution < -0.4 is 10.9 Å². The quantitative estimate of drug-likeness (QED) is 0.457. The zero-order valence-electron chi connectivity index (χ0n) is 15.8. The maximum absolute atomic E-state index is 13.1. The summed E-state index contributed by atoms with van der Waals surface area (Å²) >= 11 is 7.24. The number of carbonyl (C=O) groups is 1. The van der Waals surface area contributed by atoms with Gasteiger partial charge < -0.3 is 5.32 Å². The number of halogens is 1. The minimum absolute atomic E-state index is 0.0660. The number of nitrogens with one attached hydrogen (secondary N) is 1. The Morgan fingerprint density at radius 3 is 2.50 bits per heavy atom. The lowest BCUT2D eigenvalue weighted by Crippen LogP contribution is -2.35. The molecule has 0 aliphatic rings.